The molecule has 0 saturated carbocycles. The summed E-state index contributed by atoms with van der Waals surface area (Å²) in [4.78, 5) is 54.7. The second kappa shape index (κ2) is 19.5. The van der Waals surface area contributed by atoms with E-state index in [0.717, 1.165) is 12.1 Å². The first kappa shape index (κ1) is 45.2. The van der Waals surface area contributed by atoms with Crippen molar-refractivity contribution in [2.24, 2.45) is 5.73 Å². The summed E-state index contributed by atoms with van der Waals surface area (Å²) in [7, 11) is -5.20. The first-order chi connectivity index (χ1) is 28.4. The molecule has 0 bridgehead atoms. The molecule has 2 fully saturated rings. The highest BCUT2D eigenvalue weighted by Gasteiger charge is 2.31. The Labute approximate surface area is 343 Å². The number of rotatable bonds is 9. The van der Waals surface area contributed by atoms with E-state index >= 15 is 0 Å². The van der Waals surface area contributed by atoms with Crippen molar-refractivity contribution >= 4 is 54.9 Å². The highest BCUT2D eigenvalue weighted by molar-refractivity contribution is 7.91. The van der Waals surface area contributed by atoms with Gasteiger partial charge < -0.3 is 20.3 Å². The number of ketones is 1. The minimum Gasteiger partial charge on any atom is -0.465 e. The number of urea groups is 2. The van der Waals surface area contributed by atoms with Gasteiger partial charge in [-0.2, -0.15) is 0 Å². The third-order valence-corrected chi connectivity index (χ3v) is 12.9. The number of nitrogens with zero attached hydrogens (tertiary/aromatic N) is 4. The van der Waals surface area contributed by atoms with Crippen molar-refractivity contribution in [2.75, 3.05) is 72.6 Å². The lowest BCUT2D eigenvalue weighted by molar-refractivity contribution is 0.0600. The van der Waals surface area contributed by atoms with Crippen molar-refractivity contribution in [1.29, 1.82) is 0 Å². The van der Waals surface area contributed by atoms with Gasteiger partial charge in [0.2, 0.25) is 0 Å². The number of ether oxygens (including phenoxy) is 1. The predicted octanol–water partition coefficient (Wildman–Crippen LogP) is 4.57. The average Bonchev–Trinajstić information content (AvgIpc) is 3.22. The summed E-state index contributed by atoms with van der Waals surface area (Å²) in [6.45, 7) is -0.559. The zero-order valence-corrected chi connectivity index (χ0v) is 33.9. The molecule has 0 atom stereocenters. The normalized spacial score (nSPS) is 15.6. The Morgan fingerprint density at radius 1 is 0.600 bits per heavy atom. The second-order valence-corrected chi connectivity index (χ2v) is 18.3. The van der Waals surface area contributed by atoms with Crippen molar-refractivity contribution < 1.29 is 58.3 Å². The van der Waals surface area contributed by atoms with E-state index in [1.807, 2.05) is 0 Å². The molecule has 2 N–H and O–H groups in total. The lowest BCUT2D eigenvalue weighted by Gasteiger charge is -2.33. The summed E-state index contributed by atoms with van der Waals surface area (Å²) in [5, 5.41) is 0. The number of amides is 4. The molecule has 4 aromatic rings. The summed E-state index contributed by atoms with van der Waals surface area (Å²) in [6.07, 6.45) is 0. The van der Waals surface area contributed by atoms with E-state index in [0.29, 0.717) is 11.4 Å². The Balaban J connectivity index is 0.000000228. The lowest BCUT2D eigenvalue weighted by atomic mass is 10.1. The monoisotopic (exact) mass is 875 g/mol. The maximum atomic E-state index is 14.6. The second-order valence-electron chi connectivity index (χ2n) is 13.7. The van der Waals surface area contributed by atoms with Gasteiger partial charge in [-0.15, -0.1) is 0 Å². The quantitative estimate of drug-likeness (QED) is 0.142. The minimum atomic E-state index is -3.19. The largest absolute Gasteiger partial charge is 0.465 e. The van der Waals surface area contributed by atoms with Gasteiger partial charge in [0.05, 0.1) is 55.3 Å². The lowest BCUT2D eigenvalue weighted by Crippen LogP contribution is -2.49. The third-order valence-electron chi connectivity index (χ3n) is 9.66. The van der Waals surface area contributed by atoms with Crippen LogP contribution >= 0.6 is 0 Å². The average molecular weight is 876 g/mol. The van der Waals surface area contributed by atoms with Crippen LogP contribution in [0.15, 0.2) is 84.9 Å². The number of hydrogen-bond donors (Lipinski definition) is 1. The van der Waals surface area contributed by atoms with Crippen LogP contribution in [0.4, 0.5) is 38.5 Å². The van der Waals surface area contributed by atoms with Crippen LogP contribution in [-0.2, 0) is 37.5 Å². The highest BCUT2D eigenvalue weighted by atomic mass is 32.2. The summed E-state index contributed by atoms with van der Waals surface area (Å²) >= 11 is 0. The molecule has 0 unspecified atom stereocenters. The number of carbonyl (C=O) groups excluding carboxylic acids is 4. The predicted molar refractivity (Wildman–Crippen MR) is 214 cm³/mol. The molecule has 0 aromatic heterocycles. The van der Waals surface area contributed by atoms with Crippen LogP contribution in [0.25, 0.3) is 0 Å². The topological polar surface area (TPSA) is 185 Å². The number of hydrogen-bond acceptors (Lipinski definition) is 10. The van der Waals surface area contributed by atoms with Gasteiger partial charge in [-0.1, -0.05) is 18.2 Å². The standard InChI is InChI=1S/C20H21F2N3O4S.C20H20F2N2O5S/c21-16-3-5-17(6-4-16)25(20(27)24-7-9-30(28,29)10-8-24)13-15-2-1-14(11-18(15)22)19(26)12-23;1-29-19(25)14-2-3-15(18(22)12-14)13-24(17-6-4-16(21)5-7-17)20(26)23-8-10-30(27,28)11-9-23/h1-6,11H,7-10,12-13,23H2;2-7,12H,8-11,13H2,1H3. The highest BCUT2D eigenvalue weighted by Crippen LogP contribution is 2.25. The Morgan fingerprint density at radius 2 is 0.967 bits per heavy atom. The molecule has 0 spiro atoms. The molecule has 320 valence electrons. The molecule has 6 rings (SSSR count). The molecule has 2 saturated heterocycles. The van der Waals surface area contributed by atoms with Crippen LogP contribution in [0.3, 0.4) is 0 Å². The zero-order chi connectivity index (χ0) is 43.8. The van der Waals surface area contributed by atoms with Gasteiger partial charge in [0.25, 0.3) is 0 Å². The fraction of sp³-hybridized carbons (Fsp3) is 0.300. The Bertz CT molecular complexity index is 2260. The molecule has 20 heteroatoms. The van der Waals surface area contributed by atoms with Gasteiger partial charge in [-0.3, -0.25) is 14.6 Å². The number of sulfone groups is 2. The van der Waals surface area contributed by atoms with Crippen molar-refractivity contribution in [3.8, 4) is 0 Å². The maximum Gasteiger partial charge on any atom is 0.337 e. The Morgan fingerprint density at radius 3 is 1.32 bits per heavy atom. The third kappa shape index (κ3) is 11.7. The van der Waals surface area contributed by atoms with Crippen LogP contribution in [0, 0.1) is 23.3 Å². The Hall–Kier alpha value is -5.86. The minimum absolute atomic E-state index is 0.0165. The van der Waals surface area contributed by atoms with E-state index in [2.05, 4.69) is 4.74 Å². The van der Waals surface area contributed by atoms with Gasteiger partial charge in [0.15, 0.2) is 25.5 Å². The van der Waals surface area contributed by atoms with Gasteiger partial charge in [-0.05, 0) is 66.7 Å². The van der Waals surface area contributed by atoms with Crippen molar-refractivity contribution in [3.05, 3.63) is 130 Å². The SMILES string of the molecule is COC(=O)c1ccc(CN(C(=O)N2CCS(=O)(=O)CC2)c2ccc(F)cc2)c(F)c1.NCC(=O)c1ccc(CN(C(=O)N2CCS(=O)(=O)CC2)c2ccc(F)cc2)c(F)c1. The number of carbonyl (C=O) groups is 4. The number of Topliss-reactive ketones (excluding diaryl/α,β-unsaturated/α-hetero) is 1. The molecule has 60 heavy (non-hydrogen) atoms. The molecular weight excluding hydrogens is 835 g/mol. The molecule has 0 aliphatic carbocycles. The van der Waals surface area contributed by atoms with Crippen molar-refractivity contribution in [2.45, 2.75) is 13.1 Å². The molecule has 4 amide bonds. The number of esters is 1. The smallest absolute Gasteiger partial charge is 0.337 e. The molecule has 2 heterocycles. The fourth-order valence-electron chi connectivity index (χ4n) is 6.16. The zero-order valence-electron chi connectivity index (χ0n) is 32.2. The number of benzene rings is 4. The van der Waals surface area contributed by atoms with Gasteiger partial charge in [0, 0.05) is 54.2 Å². The molecular formula is C40H41F4N5O9S2. The van der Waals surface area contributed by atoms with E-state index in [1.54, 1.807) is 0 Å². The summed E-state index contributed by atoms with van der Waals surface area (Å²) in [6, 6.07) is 16.8. The molecule has 0 radical (unpaired) electrons. The summed E-state index contributed by atoms with van der Waals surface area (Å²) < 4.78 is 107. The van der Waals surface area contributed by atoms with E-state index in [9.17, 15) is 53.6 Å². The summed E-state index contributed by atoms with van der Waals surface area (Å²) in [5.41, 5.74) is 6.38. The van der Waals surface area contributed by atoms with Gasteiger partial charge in [-0.25, -0.2) is 48.8 Å². The Kier molecular flexibility index (Phi) is 14.7. The number of anilines is 2. The van der Waals surface area contributed by atoms with Crippen molar-refractivity contribution in [1.82, 2.24) is 9.80 Å². The van der Waals surface area contributed by atoms with Crippen LogP contribution in [0.2, 0.25) is 0 Å². The van der Waals surface area contributed by atoms with E-state index < -0.39 is 66.8 Å². The van der Waals surface area contributed by atoms with Gasteiger partial charge in [0.1, 0.15) is 23.3 Å². The van der Waals surface area contributed by atoms with Crippen LogP contribution in [0.1, 0.15) is 31.8 Å². The molecule has 2 aliphatic heterocycles. The first-order valence-electron chi connectivity index (χ1n) is 18.3. The number of nitrogens with two attached hydrogens (primary N) is 1. The number of halogens is 4. The van der Waals surface area contributed by atoms with Crippen molar-refractivity contribution in [3.63, 3.8) is 0 Å². The maximum absolute atomic E-state index is 14.6. The van der Waals surface area contributed by atoms with Crippen LogP contribution in [-0.4, -0.2) is 113 Å². The van der Waals surface area contributed by atoms with Crippen LogP contribution < -0.4 is 15.5 Å². The molecule has 2 aliphatic rings. The van der Waals surface area contributed by atoms with Crippen LogP contribution in [0.5, 0.6) is 0 Å². The van der Waals surface area contributed by atoms with E-state index in [-0.39, 0.29) is 91.1 Å². The fourth-order valence-corrected chi connectivity index (χ4v) is 8.56. The summed E-state index contributed by atoms with van der Waals surface area (Å²) in [5.74, 6) is -4.11. The molecule has 14 nitrogen and oxygen atoms in total. The van der Waals surface area contributed by atoms with E-state index in [4.69, 9.17) is 5.73 Å². The number of methoxy groups -OCH3 is 1. The first-order valence-corrected chi connectivity index (χ1v) is 22.0. The molecule has 4 aromatic carbocycles. The van der Waals surface area contributed by atoms with E-state index in [1.165, 1.54) is 99.5 Å². The van der Waals surface area contributed by atoms with Gasteiger partial charge >= 0.3 is 18.0 Å².